The Hall–Kier alpha value is -0.970. The molecule has 0 aliphatic carbocycles. The summed E-state index contributed by atoms with van der Waals surface area (Å²) < 4.78 is 9.94. The van der Waals surface area contributed by atoms with Gasteiger partial charge in [-0.2, -0.15) is 9.78 Å². The lowest BCUT2D eigenvalue weighted by Gasteiger charge is -2.28. The second-order valence-corrected chi connectivity index (χ2v) is 7.95. The molecule has 0 atom stereocenters. The zero-order valence-electron chi connectivity index (χ0n) is 16.2. The van der Waals surface area contributed by atoms with Gasteiger partial charge in [0.25, 0.3) is 0 Å². The highest BCUT2D eigenvalue weighted by atomic mass is 17.5. The van der Waals surface area contributed by atoms with E-state index in [9.17, 15) is 4.79 Å². The second kappa shape index (κ2) is 8.41. The van der Waals surface area contributed by atoms with Crippen LogP contribution in [0, 0.1) is 0 Å². The number of carbonyl (C=O) groups is 1. The predicted molar refractivity (Wildman–Crippen MR) is 81.7 cm³/mol. The highest BCUT2D eigenvalue weighted by Gasteiger charge is 2.33. The first-order valence-corrected chi connectivity index (χ1v) is 7.50. The normalized spacial score (nSPS) is 13.8. The van der Waals surface area contributed by atoms with Gasteiger partial charge in [0.15, 0.2) is 0 Å². The van der Waals surface area contributed by atoms with Gasteiger partial charge in [0.2, 0.25) is 11.6 Å². The van der Waals surface area contributed by atoms with E-state index in [0.717, 1.165) is 0 Å². The molecule has 0 unspecified atom stereocenters. The van der Waals surface area contributed by atoms with Crippen LogP contribution in [-0.4, -0.2) is 28.9 Å². The van der Waals surface area contributed by atoms with Gasteiger partial charge in [-0.05, 0) is 41.5 Å². The van der Waals surface area contributed by atoms with Gasteiger partial charge < -0.3 is 9.47 Å². The average molecular weight is 354 g/mol. The highest BCUT2D eigenvalue weighted by molar-refractivity contribution is 5.60. The maximum atomic E-state index is 11.8. The van der Waals surface area contributed by atoms with Crippen LogP contribution in [0.4, 0.5) is 4.79 Å². The third-order valence-corrected chi connectivity index (χ3v) is 1.70. The van der Waals surface area contributed by atoms with Crippen molar-refractivity contribution in [2.45, 2.75) is 92.0 Å². The molecular formula is C15H30O9. The lowest BCUT2D eigenvalue weighted by atomic mass is 10.2. The Bertz CT molecular complexity index is 355. The van der Waals surface area contributed by atoms with Crippen LogP contribution in [0.2, 0.25) is 0 Å². The van der Waals surface area contributed by atoms with E-state index in [-0.39, 0.29) is 0 Å². The van der Waals surface area contributed by atoms with E-state index in [1.165, 1.54) is 27.7 Å². The van der Waals surface area contributed by atoms with Gasteiger partial charge in [0.1, 0.15) is 0 Å². The Balaban J connectivity index is 4.29. The van der Waals surface area contributed by atoms with Crippen molar-refractivity contribution >= 4 is 6.16 Å². The molecule has 0 aromatic heterocycles. The van der Waals surface area contributed by atoms with Crippen LogP contribution in [-0.2, 0) is 39.1 Å². The summed E-state index contributed by atoms with van der Waals surface area (Å²) in [5.74, 6) is -2.91. The van der Waals surface area contributed by atoms with Gasteiger partial charge in [0.05, 0.1) is 11.2 Å². The molecule has 0 amide bonds. The first-order chi connectivity index (χ1) is 10.5. The first-order valence-electron chi connectivity index (χ1n) is 7.50. The number of hydrogen-bond donors (Lipinski definition) is 0. The van der Waals surface area contributed by atoms with E-state index in [1.807, 2.05) is 0 Å². The van der Waals surface area contributed by atoms with Crippen molar-refractivity contribution in [1.82, 2.24) is 0 Å². The molecule has 24 heavy (non-hydrogen) atoms. The summed E-state index contributed by atoms with van der Waals surface area (Å²) in [7, 11) is 0. The topological polar surface area (TPSA) is 90.9 Å². The number of ether oxygens (including phenoxy) is 2. The summed E-state index contributed by atoms with van der Waals surface area (Å²) in [4.78, 5) is 31.4. The van der Waals surface area contributed by atoms with Gasteiger partial charge >= 0.3 is 6.16 Å². The largest absolute Gasteiger partial charge is 0.513 e. The molecule has 0 N–H and O–H groups in total. The van der Waals surface area contributed by atoms with E-state index < -0.39 is 28.9 Å². The van der Waals surface area contributed by atoms with Crippen molar-refractivity contribution in [3.05, 3.63) is 0 Å². The molecule has 0 radical (unpaired) electrons. The molecule has 0 saturated carbocycles. The van der Waals surface area contributed by atoms with Gasteiger partial charge in [-0.25, -0.2) is 14.6 Å². The van der Waals surface area contributed by atoms with E-state index in [4.69, 9.17) is 29.0 Å². The SMILES string of the molecule is CC(C)(C)OOOC(C)(C)OC(=O)OC(C)(C)OOOC(C)(C)C. The fourth-order valence-electron chi connectivity index (χ4n) is 0.858. The number of hydrogen-bond acceptors (Lipinski definition) is 9. The third kappa shape index (κ3) is 13.5. The number of rotatable bonds is 8. The molecular weight excluding hydrogens is 324 g/mol. The van der Waals surface area contributed by atoms with Crippen molar-refractivity contribution in [2.24, 2.45) is 0 Å². The molecule has 9 nitrogen and oxygen atoms in total. The van der Waals surface area contributed by atoms with Crippen molar-refractivity contribution in [3.63, 3.8) is 0 Å². The van der Waals surface area contributed by atoms with Crippen LogP contribution in [0.15, 0.2) is 0 Å². The summed E-state index contributed by atoms with van der Waals surface area (Å²) in [6.45, 7) is 16.3. The minimum absolute atomic E-state index is 0.586. The molecule has 0 heterocycles. The van der Waals surface area contributed by atoms with Crippen molar-refractivity contribution in [1.29, 1.82) is 0 Å². The molecule has 9 heteroatoms. The highest BCUT2D eigenvalue weighted by Crippen LogP contribution is 2.20. The standard InChI is InChI=1S/C15H30O9/c1-12(2,3)19-23-21-14(7,8)17-11(16)18-15(9,10)22-24-20-13(4,5)6/h1-10H3. The van der Waals surface area contributed by atoms with E-state index in [1.54, 1.807) is 41.5 Å². The zero-order chi connectivity index (χ0) is 19.2. The third-order valence-electron chi connectivity index (χ3n) is 1.70. The Labute approximate surface area is 143 Å². The maximum absolute atomic E-state index is 11.8. The summed E-state index contributed by atoms with van der Waals surface area (Å²) in [5, 5.41) is 9.17. The Morgan fingerprint density at radius 2 is 0.833 bits per heavy atom. The number of carbonyl (C=O) groups excluding carboxylic acids is 1. The summed E-state index contributed by atoms with van der Waals surface area (Å²) >= 11 is 0. The fourth-order valence-corrected chi connectivity index (χ4v) is 0.858. The predicted octanol–water partition coefficient (Wildman–Crippen LogP) is 3.97. The van der Waals surface area contributed by atoms with Crippen LogP contribution >= 0.6 is 0 Å². The average Bonchev–Trinajstić information content (AvgIpc) is 2.21. The van der Waals surface area contributed by atoms with Crippen molar-refractivity contribution in [3.8, 4) is 0 Å². The lowest BCUT2D eigenvalue weighted by Crippen LogP contribution is -2.38. The lowest BCUT2D eigenvalue weighted by molar-refractivity contribution is -0.588. The molecule has 0 aromatic carbocycles. The second-order valence-electron chi connectivity index (χ2n) is 7.95. The fraction of sp³-hybridized carbons (Fsp3) is 0.933. The van der Waals surface area contributed by atoms with Crippen LogP contribution in [0.25, 0.3) is 0 Å². The van der Waals surface area contributed by atoms with Gasteiger partial charge in [-0.3, -0.25) is 0 Å². The van der Waals surface area contributed by atoms with E-state index in [2.05, 4.69) is 10.1 Å². The van der Waals surface area contributed by atoms with Crippen molar-refractivity contribution in [2.75, 3.05) is 0 Å². The summed E-state index contributed by atoms with van der Waals surface area (Å²) in [6.07, 6.45) is -1.07. The smallest absolute Gasteiger partial charge is 0.399 e. The molecule has 0 aliphatic rings. The van der Waals surface area contributed by atoms with Crippen LogP contribution in [0.3, 0.4) is 0 Å². The maximum Gasteiger partial charge on any atom is 0.513 e. The molecule has 0 fully saturated rings. The quantitative estimate of drug-likeness (QED) is 0.278. The minimum atomic E-state index is -1.46. The molecule has 144 valence electrons. The monoisotopic (exact) mass is 354 g/mol. The molecule has 0 spiro atoms. The molecule has 0 aliphatic heterocycles. The van der Waals surface area contributed by atoms with E-state index >= 15 is 0 Å². The van der Waals surface area contributed by atoms with E-state index in [0.29, 0.717) is 0 Å². The Kier molecular flexibility index (Phi) is 8.07. The Morgan fingerprint density at radius 3 is 1.08 bits per heavy atom. The zero-order valence-corrected chi connectivity index (χ0v) is 16.2. The van der Waals surface area contributed by atoms with Crippen LogP contribution in [0.1, 0.15) is 69.2 Å². The van der Waals surface area contributed by atoms with Gasteiger partial charge in [0, 0.05) is 27.7 Å². The first kappa shape index (κ1) is 23.0. The van der Waals surface area contributed by atoms with Crippen LogP contribution in [0.5, 0.6) is 0 Å². The van der Waals surface area contributed by atoms with Crippen LogP contribution < -0.4 is 0 Å². The van der Waals surface area contributed by atoms with Gasteiger partial charge in [-0.15, -0.1) is 0 Å². The minimum Gasteiger partial charge on any atom is -0.399 e. The summed E-state index contributed by atoms with van der Waals surface area (Å²) in [5.41, 5.74) is -1.17. The molecule has 0 saturated heterocycles. The molecule has 0 rings (SSSR count). The molecule has 0 aromatic rings. The van der Waals surface area contributed by atoms with Crippen molar-refractivity contribution < 1.29 is 43.9 Å². The summed E-state index contributed by atoms with van der Waals surface area (Å²) in [6, 6.07) is 0. The molecule has 0 bridgehead atoms. The van der Waals surface area contributed by atoms with Gasteiger partial charge in [-0.1, -0.05) is 10.1 Å². The Morgan fingerprint density at radius 1 is 0.542 bits per heavy atom.